The number of pyridine rings is 1. The van der Waals surface area contributed by atoms with E-state index in [0.29, 0.717) is 40.4 Å². The zero-order chi connectivity index (χ0) is 26.1. The lowest BCUT2D eigenvalue weighted by Crippen LogP contribution is -2.29. The first-order valence-electron chi connectivity index (χ1n) is 12.2. The van der Waals surface area contributed by atoms with E-state index in [-0.39, 0.29) is 0 Å². The van der Waals surface area contributed by atoms with Crippen LogP contribution in [-0.4, -0.2) is 65.8 Å². The third kappa shape index (κ3) is 4.86. The van der Waals surface area contributed by atoms with Gasteiger partial charge in [0.25, 0.3) is 0 Å². The van der Waals surface area contributed by atoms with E-state index in [9.17, 15) is 5.26 Å². The molecule has 0 bridgehead atoms. The van der Waals surface area contributed by atoms with Crippen molar-refractivity contribution in [3.05, 3.63) is 48.4 Å². The first kappa shape index (κ1) is 24.3. The average molecular weight is 498 g/mol. The summed E-state index contributed by atoms with van der Waals surface area (Å²) in [5.41, 5.74) is 11.3. The zero-order valence-corrected chi connectivity index (χ0v) is 21.6. The molecule has 0 amide bonds. The molecule has 10 nitrogen and oxygen atoms in total. The molecule has 37 heavy (non-hydrogen) atoms. The molecule has 0 saturated heterocycles. The number of anilines is 4. The van der Waals surface area contributed by atoms with Gasteiger partial charge < -0.3 is 30.2 Å². The van der Waals surface area contributed by atoms with E-state index < -0.39 is 0 Å². The van der Waals surface area contributed by atoms with Crippen LogP contribution in [-0.2, 0) is 0 Å². The smallest absolute Gasteiger partial charge is 0.227 e. The molecule has 0 spiro atoms. The molecule has 0 atom stereocenters. The molecule has 3 N–H and O–H groups in total. The highest BCUT2D eigenvalue weighted by atomic mass is 16.5. The van der Waals surface area contributed by atoms with Crippen molar-refractivity contribution >= 4 is 34.0 Å². The van der Waals surface area contributed by atoms with Gasteiger partial charge in [0.05, 0.1) is 41.6 Å². The minimum Gasteiger partial charge on any atom is -0.494 e. The van der Waals surface area contributed by atoms with Gasteiger partial charge in [-0.2, -0.15) is 5.26 Å². The number of nitriles is 1. The number of nitrogens with zero attached hydrogens (tertiary/aromatic N) is 7. The Morgan fingerprint density at radius 1 is 1.22 bits per heavy atom. The second kappa shape index (κ2) is 9.95. The van der Waals surface area contributed by atoms with Gasteiger partial charge in [0.15, 0.2) is 0 Å². The van der Waals surface area contributed by atoms with Crippen molar-refractivity contribution in [1.82, 2.24) is 24.4 Å². The maximum Gasteiger partial charge on any atom is 0.227 e. The molecule has 3 heterocycles. The Balaban J connectivity index is 1.51. The Morgan fingerprint density at radius 2 is 2.03 bits per heavy atom. The number of likely N-dealkylation sites (N-methyl/N-ethyl adjacent to an activating group) is 2. The van der Waals surface area contributed by atoms with Crippen LogP contribution < -0.4 is 20.7 Å². The van der Waals surface area contributed by atoms with Gasteiger partial charge in [0.2, 0.25) is 5.95 Å². The molecule has 0 aliphatic heterocycles. The Bertz CT molecular complexity index is 1480. The normalized spacial score (nSPS) is 13.1. The lowest BCUT2D eigenvalue weighted by molar-refractivity contribution is 0.413. The van der Waals surface area contributed by atoms with Gasteiger partial charge in [0, 0.05) is 55.6 Å². The Labute approximate surface area is 216 Å². The highest BCUT2D eigenvalue weighted by Gasteiger charge is 2.27. The van der Waals surface area contributed by atoms with Crippen LogP contribution >= 0.6 is 0 Å². The van der Waals surface area contributed by atoms with Crippen molar-refractivity contribution < 1.29 is 4.74 Å². The van der Waals surface area contributed by atoms with Crippen LogP contribution in [0.4, 0.5) is 23.0 Å². The van der Waals surface area contributed by atoms with Crippen LogP contribution in [0.15, 0.2) is 42.9 Å². The van der Waals surface area contributed by atoms with Crippen molar-refractivity contribution in [2.45, 2.75) is 18.9 Å². The molecule has 0 radical (unpaired) electrons. The molecule has 4 aromatic rings. The maximum atomic E-state index is 9.82. The molecule has 0 unspecified atom stereocenters. The molecule has 1 saturated carbocycles. The molecule has 1 aromatic carbocycles. The first-order valence-corrected chi connectivity index (χ1v) is 12.2. The lowest BCUT2D eigenvalue weighted by Gasteiger charge is -2.24. The molecule has 5 rings (SSSR count). The fraction of sp³-hybridized carbons (Fsp3) is 0.333. The monoisotopic (exact) mass is 497 g/mol. The van der Waals surface area contributed by atoms with Crippen molar-refractivity contribution in [1.29, 1.82) is 5.26 Å². The topological polar surface area (TPSA) is 121 Å². The number of fused-ring (bicyclic) bond motifs is 1. The van der Waals surface area contributed by atoms with Crippen LogP contribution in [0.25, 0.3) is 22.3 Å². The molecule has 1 aliphatic rings. The van der Waals surface area contributed by atoms with Crippen molar-refractivity contribution in [3.63, 3.8) is 0 Å². The van der Waals surface area contributed by atoms with Crippen molar-refractivity contribution in [2.24, 2.45) is 0 Å². The van der Waals surface area contributed by atoms with Gasteiger partial charge in [-0.05, 0) is 45.1 Å². The molecule has 190 valence electrons. The Hall–Kier alpha value is -4.36. The van der Waals surface area contributed by atoms with E-state index >= 15 is 0 Å². The van der Waals surface area contributed by atoms with Crippen molar-refractivity contribution in [2.75, 3.05) is 57.3 Å². The molecular weight excluding hydrogens is 466 g/mol. The minimum atomic E-state index is 0.344. The van der Waals surface area contributed by atoms with Gasteiger partial charge in [-0.15, -0.1) is 0 Å². The zero-order valence-electron chi connectivity index (χ0n) is 21.6. The molecule has 1 fully saturated rings. The predicted molar refractivity (Wildman–Crippen MR) is 146 cm³/mol. The number of hydrogen-bond donors (Lipinski definition) is 2. The summed E-state index contributed by atoms with van der Waals surface area (Å²) in [7, 11) is 7.70. The fourth-order valence-corrected chi connectivity index (χ4v) is 4.41. The number of nitrogen functional groups attached to an aromatic ring is 1. The quantitative estimate of drug-likeness (QED) is 0.330. The van der Waals surface area contributed by atoms with E-state index in [1.807, 2.05) is 45.4 Å². The van der Waals surface area contributed by atoms with Gasteiger partial charge in [-0.3, -0.25) is 0 Å². The summed E-state index contributed by atoms with van der Waals surface area (Å²) in [6, 6.07) is 10.3. The van der Waals surface area contributed by atoms with Crippen molar-refractivity contribution in [3.8, 4) is 23.1 Å². The summed E-state index contributed by atoms with van der Waals surface area (Å²) in [5.74, 6) is 0.960. The van der Waals surface area contributed by atoms with Crippen LogP contribution in [0.3, 0.4) is 0 Å². The summed E-state index contributed by atoms with van der Waals surface area (Å²) < 4.78 is 7.86. The number of rotatable bonds is 9. The number of nitrogens with one attached hydrogen (secondary N) is 1. The lowest BCUT2D eigenvalue weighted by atomic mass is 10.1. The molecule has 3 aromatic heterocycles. The molecule has 10 heteroatoms. The third-order valence-electron chi connectivity index (χ3n) is 6.58. The van der Waals surface area contributed by atoms with Crippen LogP contribution in [0, 0.1) is 11.3 Å². The van der Waals surface area contributed by atoms with E-state index in [2.05, 4.69) is 41.9 Å². The van der Waals surface area contributed by atoms with E-state index in [1.54, 1.807) is 19.5 Å². The van der Waals surface area contributed by atoms with E-state index in [1.165, 1.54) is 0 Å². The third-order valence-corrected chi connectivity index (χ3v) is 6.58. The minimum absolute atomic E-state index is 0.344. The highest BCUT2D eigenvalue weighted by molar-refractivity contribution is 5.94. The van der Waals surface area contributed by atoms with Gasteiger partial charge in [-0.25, -0.2) is 15.0 Å². The number of methoxy groups -OCH3 is 1. The Morgan fingerprint density at radius 3 is 2.73 bits per heavy atom. The van der Waals surface area contributed by atoms with Crippen LogP contribution in [0.2, 0.25) is 0 Å². The maximum absolute atomic E-state index is 9.82. The summed E-state index contributed by atoms with van der Waals surface area (Å²) in [5, 5.41) is 14.0. The second-order valence-corrected chi connectivity index (χ2v) is 9.58. The van der Waals surface area contributed by atoms with Gasteiger partial charge in [-0.1, -0.05) is 0 Å². The number of aromatic nitrogens is 4. The van der Waals surface area contributed by atoms with E-state index in [0.717, 1.165) is 48.2 Å². The highest BCUT2D eigenvalue weighted by Crippen LogP contribution is 2.41. The van der Waals surface area contributed by atoms with Crippen LogP contribution in [0.5, 0.6) is 5.75 Å². The number of benzene rings is 1. The second-order valence-electron chi connectivity index (χ2n) is 9.58. The standard InChI is InChI=1S/C27H31N9O/c1-34(2)10-11-35(3)23-13-24(37-4)22(12-21(23)29)32-27-31-15-17(14-28)25(33-27)20-16-36(18-7-8-18)26-19(20)6-5-9-30-26/h5-6,9,12-13,15-16,18H,7-8,10-11,29H2,1-4H3,(H,31,32,33). The summed E-state index contributed by atoms with van der Waals surface area (Å²) in [6.45, 7) is 1.71. The van der Waals surface area contributed by atoms with Gasteiger partial charge >= 0.3 is 0 Å². The fourth-order valence-electron chi connectivity index (χ4n) is 4.41. The molecule has 1 aliphatic carbocycles. The summed E-state index contributed by atoms with van der Waals surface area (Å²) in [6.07, 6.45) is 7.65. The average Bonchev–Trinajstić information content (AvgIpc) is 3.67. The summed E-state index contributed by atoms with van der Waals surface area (Å²) >= 11 is 0. The number of nitrogens with two attached hydrogens (primary N) is 1. The largest absolute Gasteiger partial charge is 0.494 e. The summed E-state index contributed by atoms with van der Waals surface area (Å²) in [4.78, 5) is 18.0. The predicted octanol–water partition coefficient (Wildman–Crippen LogP) is 4.03. The Kier molecular flexibility index (Phi) is 6.54. The van der Waals surface area contributed by atoms with Gasteiger partial charge in [0.1, 0.15) is 17.5 Å². The SMILES string of the molecule is COc1cc(N(C)CCN(C)C)c(N)cc1Nc1ncc(C#N)c(-c2cn(C3CC3)c3ncccc23)n1. The molecular formula is C27H31N9O. The van der Waals surface area contributed by atoms with Crippen LogP contribution in [0.1, 0.15) is 24.4 Å². The number of ether oxygens (including phenoxy) is 1. The first-order chi connectivity index (χ1) is 17.9. The number of hydrogen-bond acceptors (Lipinski definition) is 9. The van der Waals surface area contributed by atoms with E-state index in [4.69, 9.17) is 15.5 Å².